The molecule has 0 aliphatic heterocycles. The maximum absolute atomic E-state index is 11.1. The zero-order valence-electron chi connectivity index (χ0n) is 8.89. The molecule has 0 saturated heterocycles. The van der Waals surface area contributed by atoms with E-state index in [1.807, 2.05) is 12.3 Å². The van der Waals surface area contributed by atoms with Crippen molar-refractivity contribution in [3.63, 3.8) is 0 Å². The number of carboxylic acid groups (broad SMARTS) is 1. The van der Waals surface area contributed by atoms with Gasteiger partial charge in [-0.2, -0.15) is 0 Å². The van der Waals surface area contributed by atoms with E-state index in [0.29, 0.717) is 16.3 Å². The van der Waals surface area contributed by atoms with Crippen LogP contribution >= 0.6 is 11.3 Å². The zero-order valence-corrected chi connectivity index (χ0v) is 9.71. The summed E-state index contributed by atoms with van der Waals surface area (Å²) in [7, 11) is 0. The first-order chi connectivity index (χ1) is 7.58. The third kappa shape index (κ3) is 2.94. The predicted octanol–water partition coefficient (Wildman–Crippen LogP) is 1.87. The Morgan fingerprint density at radius 3 is 2.47 bits per heavy atom. The van der Waals surface area contributed by atoms with Gasteiger partial charge in [0.05, 0.1) is 0 Å². The Labute approximate surface area is 115 Å². The van der Waals surface area contributed by atoms with Gasteiger partial charge in [0.15, 0.2) is 5.69 Å². The molecule has 0 aliphatic rings. The quantitative estimate of drug-likeness (QED) is 0.816. The van der Waals surface area contributed by atoms with Crippen LogP contribution in [0.25, 0.3) is 10.6 Å². The fourth-order valence-corrected chi connectivity index (χ4v) is 2.19. The molecule has 0 unspecified atom stereocenters. The molecule has 2 heterocycles. The summed E-state index contributed by atoms with van der Waals surface area (Å²) in [5.41, 5.74) is 2.22. The monoisotopic (exact) mass is 242 g/mol. The Hall–Kier alpha value is -1.15. The van der Waals surface area contributed by atoms with Crippen LogP contribution in [-0.2, 0) is 0 Å². The Morgan fingerprint density at radius 1 is 1.24 bits per heavy atom. The molecule has 84 valence electrons. The first-order valence-electron chi connectivity index (χ1n) is 4.71. The first-order valence-corrected chi connectivity index (χ1v) is 5.59. The summed E-state index contributed by atoms with van der Waals surface area (Å²) in [6.45, 7) is 3.64. The second-order valence-corrected chi connectivity index (χ2v) is 4.31. The Bertz CT molecular complexity index is 554. The van der Waals surface area contributed by atoms with Gasteiger partial charge in [-0.3, -0.25) is 0 Å². The number of aryl methyl sites for hydroxylation is 2. The van der Waals surface area contributed by atoms with E-state index in [-0.39, 0.29) is 24.6 Å². The number of rotatable bonds is 2. The number of nitrogens with zero attached hydrogens (tertiary/aromatic N) is 2. The molecule has 0 aromatic carbocycles. The standard InChI is InChI=1S/C11H10N2O2S.Li.H/c1-6-3-4-8(9(12-6)11(14)15)10-13-7(2)5-16-10;;/h3-5H,1-2H3,(H,14,15);;. The van der Waals surface area contributed by atoms with E-state index in [4.69, 9.17) is 5.11 Å². The molecule has 2 aromatic heterocycles. The number of thiazole rings is 1. The van der Waals surface area contributed by atoms with Gasteiger partial charge in [0.1, 0.15) is 5.01 Å². The van der Waals surface area contributed by atoms with Crippen LogP contribution in [0.15, 0.2) is 17.5 Å². The van der Waals surface area contributed by atoms with Gasteiger partial charge in [0, 0.05) is 22.3 Å². The van der Waals surface area contributed by atoms with Crippen molar-refractivity contribution >= 4 is 36.2 Å². The number of hydrogen-bond acceptors (Lipinski definition) is 4. The molecule has 2 rings (SSSR count). The summed E-state index contributed by atoms with van der Waals surface area (Å²) in [5, 5.41) is 11.7. The number of hydrogen-bond donors (Lipinski definition) is 1. The minimum atomic E-state index is -1.02. The fraction of sp³-hybridized carbons (Fsp3) is 0.182. The average Bonchev–Trinajstić information content (AvgIpc) is 2.64. The van der Waals surface area contributed by atoms with E-state index >= 15 is 0 Å². The van der Waals surface area contributed by atoms with E-state index in [2.05, 4.69) is 9.97 Å². The molecule has 17 heavy (non-hydrogen) atoms. The summed E-state index contributed by atoms with van der Waals surface area (Å²) in [6.07, 6.45) is 0. The van der Waals surface area contributed by atoms with Crippen LogP contribution in [0.5, 0.6) is 0 Å². The van der Waals surface area contributed by atoms with Crippen molar-refractivity contribution in [2.75, 3.05) is 0 Å². The van der Waals surface area contributed by atoms with Crippen LogP contribution in [0.4, 0.5) is 0 Å². The van der Waals surface area contributed by atoms with Gasteiger partial charge in [-0.15, -0.1) is 11.3 Å². The molecule has 0 radical (unpaired) electrons. The number of pyridine rings is 1. The van der Waals surface area contributed by atoms with Crippen molar-refractivity contribution in [2.45, 2.75) is 13.8 Å². The molecule has 0 spiro atoms. The van der Waals surface area contributed by atoms with E-state index in [0.717, 1.165) is 5.69 Å². The van der Waals surface area contributed by atoms with E-state index in [1.165, 1.54) is 11.3 Å². The van der Waals surface area contributed by atoms with Crippen LogP contribution in [0.3, 0.4) is 0 Å². The normalized spacial score (nSPS) is 9.76. The second kappa shape index (κ2) is 5.45. The fourth-order valence-electron chi connectivity index (χ4n) is 1.37. The van der Waals surface area contributed by atoms with Gasteiger partial charge >= 0.3 is 24.8 Å². The number of carboxylic acids is 1. The summed E-state index contributed by atoms with van der Waals surface area (Å²) in [5.74, 6) is -1.02. The van der Waals surface area contributed by atoms with Gasteiger partial charge in [0.2, 0.25) is 0 Å². The Balaban J connectivity index is 0.00000144. The number of aromatic carboxylic acids is 1. The zero-order chi connectivity index (χ0) is 11.7. The molecule has 0 bridgehead atoms. The summed E-state index contributed by atoms with van der Waals surface area (Å²) in [6, 6.07) is 3.54. The molecular weight excluding hydrogens is 231 g/mol. The molecule has 0 saturated carbocycles. The number of carbonyl (C=O) groups is 1. The van der Waals surface area contributed by atoms with Crippen molar-refractivity contribution in [2.24, 2.45) is 0 Å². The van der Waals surface area contributed by atoms with Crippen molar-refractivity contribution in [1.29, 1.82) is 0 Å². The molecule has 0 amide bonds. The molecule has 4 nitrogen and oxygen atoms in total. The van der Waals surface area contributed by atoms with Gasteiger partial charge in [-0.1, -0.05) is 0 Å². The first kappa shape index (κ1) is 13.9. The summed E-state index contributed by atoms with van der Waals surface area (Å²) < 4.78 is 0. The Kier molecular flexibility index (Phi) is 4.46. The van der Waals surface area contributed by atoms with Crippen LogP contribution < -0.4 is 0 Å². The van der Waals surface area contributed by atoms with E-state index in [1.54, 1.807) is 19.1 Å². The van der Waals surface area contributed by atoms with Crippen LogP contribution in [0, 0.1) is 13.8 Å². The minimum absolute atomic E-state index is 0. The van der Waals surface area contributed by atoms with Crippen molar-refractivity contribution in [3.05, 3.63) is 34.6 Å². The molecule has 0 fully saturated rings. The van der Waals surface area contributed by atoms with Crippen molar-refractivity contribution in [1.82, 2.24) is 9.97 Å². The van der Waals surface area contributed by atoms with Gasteiger partial charge in [-0.05, 0) is 26.0 Å². The van der Waals surface area contributed by atoms with Gasteiger partial charge in [-0.25, -0.2) is 14.8 Å². The van der Waals surface area contributed by atoms with Crippen LogP contribution in [0.2, 0.25) is 0 Å². The SMILES string of the molecule is Cc1csc(-c2ccc(C)nc2C(=O)O)n1.[LiH]. The predicted molar refractivity (Wildman–Crippen MR) is 68.9 cm³/mol. The van der Waals surface area contributed by atoms with Crippen molar-refractivity contribution in [3.8, 4) is 10.6 Å². The third-order valence-corrected chi connectivity index (χ3v) is 3.08. The third-order valence-electron chi connectivity index (χ3n) is 2.09. The molecular formula is C11H11LiN2O2S. The van der Waals surface area contributed by atoms with Crippen LogP contribution in [0.1, 0.15) is 21.9 Å². The molecule has 0 atom stereocenters. The summed E-state index contributed by atoms with van der Waals surface area (Å²) in [4.78, 5) is 19.4. The van der Waals surface area contributed by atoms with E-state index < -0.39 is 5.97 Å². The molecule has 0 aliphatic carbocycles. The molecule has 6 heteroatoms. The van der Waals surface area contributed by atoms with E-state index in [9.17, 15) is 4.79 Å². The van der Waals surface area contributed by atoms with Crippen LogP contribution in [-0.4, -0.2) is 39.9 Å². The van der Waals surface area contributed by atoms with Gasteiger partial charge < -0.3 is 5.11 Å². The second-order valence-electron chi connectivity index (χ2n) is 3.45. The van der Waals surface area contributed by atoms with Gasteiger partial charge in [0.25, 0.3) is 0 Å². The van der Waals surface area contributed by atoms with Crippen molar-refractivity contribution < 1.29 is 9.90 Å². The topological polar surface area (TPSA) is 63.1 Å². The number of aromatic nitrogens is 2. The molecule has 1 N–H and O–H groups in total. The summed E-state index contributed by atoms with van der Waals surface area (Å²) >= 11 is 1.43. The average molecular weight is 242 g/mol. The Morgan fingerprint density at radius 2 is 1.94 bits per heavy atom. The molecule has 2 aromatic rings. The maximum atomic E-state index is 11.1.